The van der Waals surface area contributed by atoms with Crippen LogP contribution in [0.15, 0.2) is 72.8 Å². The second kappa shape index (κ2) is 6.83. The summed E-state index contributed by atoms with van der Waals surface area (Å²) in [6.45, 7) is 5.96. The summed E-state index contributed by atoms with van der Waals surface area (Å²) in [5.41, 5.74) is 2.00. The van der Waals surface area contributed by atoms with Gasteiger partial charge >= 0.3 is 0 Å². The third-order valence-electron chi connectivity index (χ3n) is 5.61. The minimum absolute atomic E-state index is 0.128. The van der Waals surface area contributed by atoms with Crippen molar-refractivity contribution in [2.45, 2.75) is 25.9 Å². The van der Waals surface area contributed by atoms with E-state index in [1.807, 2.05) is 41.3 Å². The first kappa shape index (κ1) is 16.6. The summed E-state index contributed by atoms with van der Waals surface area (Å²) < 4.78 is 0. The molecule has 1 heterocycles. The van der Waals surface area contributed by atoms with Crippen LogP contribution in [0.5, 0.6) is 0 Å². The van der Waals surface area contributed by atoms with Crippen LogP contribution in [0, 0.1) is 0 Å². The lowest BCUT2D eigenvalue weighted by atomic mass is 10.0. The third-order valence-corrected chi connectivity index (χ3v) is 5.61. The average Bonchev–Trinajstić information content (AvgIpc) is 2.70. The molecule has 0 bridgehead atoms. The van der Waals surface area contributed by atoms with Crippen molar-refractivity contribution in [1.29, 1.82) is 0 Å². The molecule has 0 aliphatic carbocycles. The molecule has 1 amide bonds. The number of anilines is 1. The number of amides is 1. The maximum atomic E-state index is 13.1. The number of para-hydroxylation sites is 1. The van der Waals surface area contributed by atoms with E-state index in [2.05, 4.69) is 55.1 Å². The van der Waals surface area contributed by atoms with Crippen LogP contribution in [0.25, 0.3) is 10.8 Å². The number of carbonyl (C=O) groups is 1. The number of nitrogens with zero attached hydrogens (tertiary/aromatic N) is 2. The molecule has 0 N–H and O–H groups in total. The Hall–Kier alpha value is -2.81. The van der Waals surface area contributed by atoms with E-state index in [1.54, 1.807) is 0 Å². The molecule has 2 atom stereocenters. The summed E-state index contributed by atoms with van der Waals surface area (Å²) >= 11 is 0. The monoisotopic (exact) mass is 344 g/mol. The molecule has 0 radical (unpaired) electrons. The Labute approximate surface area is 154 Å². The zero-order chi connectivity index (χ0) is 18.1. The molecule has 0 aromatic heterocycles. The molecule has 0 unspecified atom stereocenters. The van der Waals surface area contributed by atoms with Gasteiger partial charge in [0.25, 0.3) is 5.91 Å². The Kier molecular flexibility index (Phi) is 4.37. The number of hydrogen-bond donors (Lipinski definition) is 0. The summed E-state index contributed by atoms with van der Waals surface area (Å²) in [7, 11) is 0. The quantitative estimate of drug-likeness (QED) is 0.679. The van der Waals surface area contributed by atoms with Gasteiger partial charge in [0.15, 0.2) is 0 Å². The molecule has 1 aliphatic rings. The predicted molar refractivity (Wildman–Crippen MR) is 108 cm³/mol. The molecular formula is C23H24N2O. The lowest BCUT2D eigenvalue weighted by Gasteiger charge is -2.46. The van der Waals surface area contributed by atoms with Crippen molar-refractivity contribution in [1.82, 2.24) is 4.90 Å². The minimum atomic E-state index is 0.128. The van der Waals surface area contributed by atoms with Gasteiger partial charge in [0.2, 0.25) is 0 Å². The number of fused-ring (bicyclic) bond motifs is 1. The Bertz CT molecular complexity index is 922. The lowest BCUT2D eigenvalue weighted by Crippen LogP contribution is -2.59. The highest BCUT2D eigenvalue weighted by Gasteiger charge is 2.33. The second-order valence-corrected chi connectivity index (χ2v) is 7.07. The van der Waals surface area contributed by atoms with Gasteiger partial charge in [-0.25, -0.2) is 0 Å². The molecule has 3 nitrogen and oxygen atoms in total. The van der Waals surface area contributed by atoms with Gasteiger partial charge in [-0.3, -0.25) is 4.79 Å². The maximum Gasteiger partial charge on any atom is 0.254 e. The van der Waals surface area contributed by atoms with Crippen molar-refractivity contribution in [2.75, 3.05) is 18.0 Å². The average molecular weight is 344 g/mol. The Morgan fingerprint density at radius 1 is 0.808 bits per heavy atom. The zero-order valence-electron chi connectivity index (χ0n) is 15.3. The van der Waals surface area contributed by atoms with E-state index < -0.39 is 0 Å². The fraction of sp³-hybridized carbons (Fsp3) is 0.261. The van der Waals surface area contributed by atoms with Gasteiger partial charge in [-0.05, 0) is 48.9 Å². The molecule has 132 valence electrons. The molecule has 0 spiro atoms. The third kappa shape index (κ3) is 2.94. The summed E-state index contributed by atoms with van der Waals surface area (Å²) in [5, 5.41) is 2.28. The molecule has 1 fully saturated rings. The molecule has 1 saturated heterocycles. The van der Waals surface area contributed by atoms with Crippen molar-refractivity contribution in [3.63, 3.8) is 0 Å². The molecule has 1 aliphatic heterocycles. The minimum Gasteiger partial charge on any atom is -0.365 e. The molecule has 3 aromatic rings. The van der Waals surface area contributed by atoms with E-state index in [-0.39, 0.29) is 18.0 Å². The van der Waals surface area contributed by atoms with E-state index >= 15 is 0 Å². The van der Waals surface area contributed by atoms with Crippen molar-refractivity contribution >= 4 is 22.4 Å². The van der Waals surface area contributed by atoms with Gasteiger partial charge in [-0.15, -0.1) is 0 Å². The Balaban J connectivity index is 1.57. The smallest absolute Gasteiger partial charge is 0.254 e. The molecular weight excluding hydrogens is 320 g/mol. The van der Waals surface area contributed by atoms with Crippen LogP contribution in [-0.2, 0) is 0 Å². The van der Waals surface area contributed by atoms with Crippen LogP contribution in [0.3, 0.4) is 0 Å². The first-order valence-corrected chi connectivity index (χ1v) is 9.26. The number of hydrogen-bond acceptors (Lipinski definition) is 2. The largest absolute Gasteiger partial charge is 0.365 e. The van der Waals surface area contributed by atoms with Crippen LogP contribution >= 0.6 is 0 Å². The van der Waals surface area contributed by atoms with Crippen molar-refractivity contribution in [3.8, 4) is 0 Å². The number of carbonyl (C=O) groups excluding carboxylic acids is 1. The van der Waals surface area contributed by atoms with Crippen molar-refractivity contribution in [2.24, 2.45) is 0 Å². The summed E-state index contributed by atoms with van der Waals surface area (Å²) in [4.78, 5) is 17.6. The van der Waals surface area contributed by atoms with Crippen LogP contribution in [0.2, 0.25) is 0 Å². The van der Waals surface area contributed by atoms with Crippen LogP contribution in [0.1, 0.15) is 24.2 Å². The lowest BCUT2D eigenvalue weighted by molar-refractivity contribution is 0.0634. The van der Waals surface area contributed by atoms with Crippen LogP contribution in [-0.4, -0.2) is 36.0 Å². The molecule has 0 saturated carbocycles. The molecule has 4 rings (SSSR count). The van der Waals surface area contributed by atoms with Crippen molar-refractivity contribution in [3.05, 3.63) is 78.4 Å². The summed E-state index contributed by atoms with van der Waals surface area (Å²) in [6, 6.07) is 25.1. The fourth-order valence-corrected chi connectivity index (χ4v) is 3.90. The summed E-state index contributed by atoms with van der Waals surface area (Å²) in [5.74, 6) is 0.128. The van der Waals surface area contributed by atoms with E-state index in [0.29, 0.717) is 0 Å². The molecule has 3 aromatic carbocycles. The molecule has 3 heteroatoms. The first-order valence-electron chi connectivity index (χ1n) is 9.26. The SMILES string of the molecule is C[C@@H]1[C@H](C)N(c2ccccc2)CCN1C(=O)c1ccc2ccccc2c1. The van der Waals surface area contributed by atoms with Gasteiger partial charge < -0.3 is 9.80 Å². The number of benzene rings is 3. The standard InChI is InChI=1S/C23H24N2O/c1-17-18(2)25(15-14-24(17)22-10-4-3-5-11-22)23(26)21-13-12-19-8-6-7-9-20(19)16-21/h3-13,16-18H,14-15H2,1-2H3/t17-,18+/m0/s1. The normalized spacial score (nSPS) is 20.4. The van der Waals surface area contributed by atoms with Gasteiger partial charge in [-0.1, -0.05) is 48.5 Å². The van der Waals surface area contributed by atoms with Crippen LogP contribution in [0.4, 0.5) is 5.69 Å². The van der Waals surface area contributed by atoms with Crippen LogP contribution < -0.4 is 4.90 Å². The van der Waals surface area contributed by atoms with Gasteiger partial charge in [-0.2, -0.15) is 0 Å². The number of piperazine rings is 1. The fourth-order valence-electron chi connectivity index (χ4n) is 3.90. The van der Waals surface area contributed by atoms with Crippen molar-refractivity contribution < 1.29 is 4.79 Å². The van der Waals surface area contributed by atoms with Gasteiger partial charge in [0, 0.05) is 36.4 Å². The first-order chi connectivity index (χ1) is 12.6. The number of rotatable bonds is 2. The highest BCUT2D eigenvalue weighted by atomic mass is 16.2. The summed E-state index contributed by atoms with van der Waals surface area (Å²) in [6.07, 6.45) is 0. The van der Waals surface area contributed by atoms with Gasteiger partial charge in [0.1, 0.15) is 0 Å². The highest BCUT2D eigenvalue weighted by molar-refractivity contribution is 5.98. The van der Waals surface area contributed by atoms with E-state index in [4.69, 9.17) is 0 Å². The second-order valence-electron chi connectivity index (χ2n) is 7.07. The Morgan fingerprint density at radius 2 is 1.50 bits per heavy atom. The predicted octanol–water partition coefficient (Wildman–Crippen LogP) is 4.58. The van der Waals surface area contributed by atoms with E-state index in [0.717, 1.165) is 24.0 Å². The zero-order valence-corrected chi connectivity index (χ0v) is 15.3. The van der Waals surface area contributed by atoms with Gasteiger partial charge in [0.05, 0.1) is 0 Å². The van der Waals surface area contributed by atoms with E-state index in [9.17, 15) is 4.79 Å². The topological polar surface area (TPSA) is 23.6 Å². The molecule has 26 heavy (non-hydrogen) atoms. The highest BCUT2D eigenvalue weighted by Crippen LogP contribution is 2.26. The maximum absolute atomic E-state index is 13.1. The van der Waals surface area contributed by atoms with E-state index in [1.165, 1.54) is 11.1 Å². The Morgan fingerprint density at radius 3 is 2.27 bits per heavy atom.